The third-order valence-corrected chi connectivity index (χ3v) is 6.61. The third-order valence-electron chi connectivity index (χ3n) is 6.61. The fraction of sp³-hybridized carbons (Fsp3) is 0.370. The smallest absolute Gasteiger partial charge is 0.300 e. The Bertz CT molecular complexity index is 1530. The first-order chi connectivity index (χ1) is 18.4. The molecule has 2 aromatic heterocycles. The van der Waals surface area contributed by atoms with Crippen LogP contribution in [0.15, 0.2) is 42.6 Å². The van der Waals surface area contributed by atoms with Crippen molar-refractivity contribution in [1.29, 1.82) is 0 Å². The molecule has 2 aliphatic heterocycles. The number of hydrogen-bond donors (Lipinski definition) is 3. The van der Waals surface area contributed by atoms with Crippen LogP contribution in [0.5, 0.6) is 5.75 Å². The number of rotatable bonds is 9. The van der Waals surface area contributed by atoms with Gasteiger partial charge in [0.1, 0.15) is 29.5 Å². The molecule has 39 heavy (non-hydrogen) atoms. The molecule has 2 aliphatic rings. The molecular formula is C27H31F2N7O3. The SMILES string of the molecule is COCCOc1cc2c3nc(C)nc2cc1-n1ccc(n1)N3N[C@H](C)c1cc(N)cc(C(F)(F)C(C)(C)O)c1. The Morgan fingerprint density at radius 3 is 2.62 bits per heavy atom. The van der Waals surface area contributed by atoms with E-state index in [1.54, 1.807) is 36.0 Å². The number of benzene rings is 2. The summed E-state index contributed by atoms with van der Waals surface area (Å²) < 4.78 is 42.9. The van der Waals surface area contributed by atoms with Gasteiger partial charge in [-0.1, -0.05) is 0 Å². The van der Waals surface area contributed by atoms with E-state index in [2.05, 4.69) is 10.4 Å². The van der Waals surface area contributed by atoms with Crippen LogP contribution in [0.4, 0.5) is 26.1 Å². The highest BCUT2D eigenvalue weighted by molar-refractivity contribution is 5.94. The topological polar surface area (TPSA) is 124 Å². The van der Waals surface area contributed by atoms with E-state index in [1.165, 1.54) is 12.1 Å². The summed E-state index contributed by atoms with van der Waals surface area (Å²) >= 11 is 0. The van der Waals surface area contributed by atoms with Crippen LogP contribution in [0.2, 0.25) is 0 Å². The van der Waals surface area contributed by atoms with Crippen molar-refractivity contribution in [2.24, 2.45) is 0 Å². The number of nitrogens with zero attached hydrogens (tertiary/aromatic N) is 5. The number of halogens is 2. The Morgan fingerprint density at radius 1 is 1.13 bits per heavy atom. The molecule has 1 atom stereocenters. The van der Waals surface area contributed by atoms with Crippen molar-refractivity contribution in [3.63, 3.8) is 0 Å². The highest BCUT2D eigenvalue weighted by Crippen LogP contribution is 2.41. The number of methoxy groups -OCH3 is 1. The van der Waals surface area contributed by atoms with E-state index in [1.807, 2.05) is 25.1 Å². The van der Waals surface area contributed by atoms with Crippen LogP contribution in [0.3, 0.4) is 0 Å². The van der Waals surface area contributed by atoms with Crippen molar-refractivity contribution < 1.29 is 23.4 Å². The Morgan fingerprint density at radius 2 is 1.90 bits per heavy atom. The molecular weight excluding hydrogens is 508 g/mol. The Kier molecular flexibility index (Phi) is 6.65. The van der Waals surface area contributed by atoms with E-state index in [0.717, 1.165) is 13.8 Å². The molecule has 6 rings (SSSR count). The summed E-state index contributed by atoms with van der Waals surface area (Å²) in [6.45, 7) is 6.51. The summed E-state index contributed by atoms with van der Waals surface area (Å²) in [7, 11) is 1.60. The zero-order valence-corrected chi connectivity index (χ0v) is 22.4. The van der Waals surface area contributed by atoms with Crippen molar-refractivity contribution >= 4 is 28.2 Å². The Hall–Kier alpha value is -3.87. The van der Waals surface area contributed by atoms with Gasteiger partial charge in [-0.05, 0) is 63.6 Å². The molecule has 0 spiro atoms. The first-order valence-electron chi connectivity index (χ1n) is 12.5. The van der Waals surface area contributed by atoms with Crippen LogP contribution >= 0.6 is 0 Å². The summed E-state index contributed by atoms with van der Waals surface area (Å²) in [4.78, 5) is 9.33. The lowest BCUT2D eigenvalue weighted by atomic mass is 9.91. The van der Waals surface area contributed by atoms with Crippen LogP contribution in [0, 0.1) is 6.92 Å². The minimum Gasteiger partial charge on any atom is -0.489 e. The fourth-order valence-electron chi connectivity index (χ4n) is 4.47. The fourth-order valence-corrected chi connectivity index (χ4v) is 4.47. The minimum absolute atomic E-state index is 0.155. The summed E-state index contributed by atoms with van der Waals surface area (Å²) in [5, 5.41) is 17.3. The summed E-state index contributed by atoms with van der Waals surface area (Å²) in [5.41, 5.74) is 8.78. The molecule has 0 amide bonds. The second-order valence-corrected chi connectivity index (χ2v) is 10.1. The highest BCUT2D eigenvalue weighted by atomic mass is 19.3. The maximum Gasteiger partial charge on any atom is 0.300 e. The number of anilines is 3. The molecule has 6 bridgehead atoms. The Balaban J connectivity index is 1.59. The molecule has 12 heteroatoms. The molecule has 2 aromatic carbocycles. The molecule has 0 saturated carbocycles. The van der Waals surface area contributed by atoms with Gasteiger partial charge in [0.05, 0.1) is 12.1 Å². The second kappa shape index (κ2) is 9.70. The van der Waals surface area contributed by atoms with Gasteiger partial charge in [-0.15, -0.1) is 5.10 Å². The largest absolute Gasteiger partial charge is 0.489 e. The van der Waals surface area contributed by atoms with Gasteiger partial charge in [-0.25, -0.2) is 25.1 Å². The lowest BCUT2D eigenvalue weighted by Gasteiger charge is -2.31. The van der Waals surface area contributed by atoms with Crippen molar-refractivity contribution in [2.75, 3.05) is 31.1 Å². The van der Waals surface area contributed by atoms with Gasteiger partial charge >= 0.3 is 5.92 Å². The normalized spacial score (nSPS) is 14.0. The standard InChI is InChI=1S/C27H31F2N7O3/c1-15(17-10-18(12-19(30)11-17)27(28,29)26(3,4)37)33-36-24-6-7-35(34-24)22-14-21-20(25(36)32-16(2)31-21)13-23(22)39-9-8-38-5/h6-7,10-15,33,37H,8-9,30H2,1-5H3/t15-/m1/s1. The first-order valence-corrected chi connectivity index (χ1v) is 12.5. The number of ether oxygens (including phenoxy) is 2. The third kappa shape index (κ3) is 4.86. The van der Waals surface area contributed by atoms with Crippen molar-refractivity contribution in [3.8, 4) is 11.4 Å². The summed E-state index contributed by atoms with van der Waals surface area (Å²) in [5.74, 6) is -1.34. The summed E-state index contributed by atoms with van der Waals surface area (Å²) in [6, 6.07) is 9.19. The zero-order chi connectivity index (χ0) is 28.1. The average molecular weight is 540 g/mol. The van der Waals surface area contributed by atoms with Gasteiger partial charge in [0.25, 0.3) is 0 Å². The van der Waals surface area contributed by atoms with Gasteiger partial charge in [0, 0.05) is 42.1 Å². The Labute approximate surface area is 224 Å². The molecule has 0 fully saturated rings. The maximum absolute atomic E-state index is 15.0. The molecule has 206 valence electrons. The van der Waals surface area contributed by atoms with E-state index in [9.17, 15) is 5.11 Å². The molecule has 4 N–H and O–H groups in total. The van der Waals surface area contributed by atoms with Crippen LogP contribution in [0.25, 0.3) is 16.6 Å². The molecule has 0 unspecified atom stereocenters. The average Bonchev–Trinajstić information content (AvgIpc) is 3.36. The molecule has 0 radical (unpaired) electrons. The quantitative estimate of drug-likeness (QED) is 0.211. The molecule has 10 nitrogen and oxygen atoms in total. The van der Waals surface area contributed by atoms with Crippen LogP contribution in [-0.4, -0.2) is 50.8 Å². The van der Waals surface area contributed by atoms with Crippen LogP contribution in [-0.2, 0) is 10.7 Å². The molecule has 0 aliphatic carbocycles. The van der Waals surface area contributed by atoms with Gasteiger partial charge in [0.2, 0.25) is 0 Å². The van der Waals surface area contributed by atoms with E-state index in [4.69, 9.17) is 25.3 Å². The predicted molar refractivity (Wildman–Crippen MR) is 144 cm³/mol. The van der Waals surface area contributed by atoms with E-state index in [-0.39, 0.29) is 11.3 Å². The lowest BCUT2D eigenvalue weighted by Crippen LogP contribution is -2.40. The van der Waals surface area contributed by atoms with E-state index in [0.29, 0.717) is 58.6 Å². The number of hydrazine groups is 1. The van der Waals surface area contributed by atoms with Crippen LogP contribution < -0.4 is 20.9 Å². The van der Waals surface area contributed by atoms with E-state index < -0.39 is 17.6 Å². The van der Waals surface area contributed by atoms with Gasteiger partial charge in [0.15, 0.2) is 11.6 Å². The summed E-state index contributed by atoms with van der Waals surface area (Å²) in [6.07, 6.45) is 1.79. The lowest BCUT2D eigenvalue weighted by molar-refractivity contribution is -0.168. The molecule has 0 saturated heterocycles. The minimum atomic E-state index is -3.52. The number of aryl methyl sites for hydroxylation is 1. The van der Waals surface area contributed by atoms with Crippen molar-refractivity contribution in [3.05, 3.63) is 59.5 Å². The predicted octanol–water partition coefficient (Wildman–Crippen LogP) is 4.31. The number of fused-ring (bicyclic) bond motifs is 1. The van der Waals surface area contributed by atoms with Crippen LogP contribution in [0.1, 0.15) is 43.8 Å². The number of nitrogens with one attached hydrogen (secondary N) is 1. The number of alkyl halides is 2. The maximum atomic E-state index is 15.0. The van der Waals surface area contributed by atoms with Crippen molar-refractivity contribution in [2.45, 2.75) is 45.3 Å². The van der Waals surface area contributed by atoms with Gasteiger partial charge in [-0.3, -0.25) is 0 Å². The van der Waals surface area contributed by atoms with Crippen molar-refractivity contribution in [1.82, 2.24) is 25.2 Å². The van der Waals surface area contributed by atoms with Gasteiger partial charge in [-0.2, -0.15) is 8.78 Å². The number of nitrogens with two attached hydrogens (primary N) is 1. The number of nitrogen functional groups attached to an aromatic ring is 1. The molecule has 4 aromatic rings. The van der Waals surface area contributed by atoms with Gasteiger partial charge < -0.3 is 20.3 Å². The number of aromatic nitrogens is 4. The van der Waals surface area contributed by atoms with E-state index >= 15 is 8.78 Å². The second-order valence-electron chi connectivity index (χ2n) is 10.1. The number of aliphatic hydroxyl groups is 1. The monoisotopic (exact) mass is 539 g/mol. The first kappa shape index (κ1) is 26.7. The highest BCUT2D eigenvalue weighted by Gasteiger charge is 2.47. The zero-order valence-electron chi connectivity index (χ0n) is 22.4. The number of hydrogen-bond acceptors (Lipinski definition) is 9. The molecule has 4 heterocycles.